The van der Waals surface area contributed by atoms with Crippen LogP contribution in [0.3, 0.4) is 0 Å². The maximum atomic E-state index is 9.65. The van der Waals surface area contributed by atoms with Crippen LogP contribution in [0.25, 0.3) is 0 Å². The van der Waals surface area contributed by atoms with Crippen molar-refractivity contribution in [1.29, 1.82) is 0 Å². The van der Waals surface area contributed by atoms with Gasteiger partial charge in [0.2, 0.25) is 0 Å². The second-order valence-electron chi connectivity index (χ2n) is 1.54. The van der Waals surface area contributed by atoms with Gasteiger partial charge in [-0.25, -0.2) is 0 Å². The van der Waals surface area contributed by atoms with E-state index in [4.69, 9.17) is 21.8 Å². The molecule has 0 fully saturated rings. The molecule has 0 aromatic heterocycles. The second kappa shape index (κ2) is 12.5. The molecule has 0 heterocycles. The van der Waals surface area contributed by atoms with Crippen molar-refractivity contribution in [3.63, 3.8) is 0 Å². The minimum Gasteiger partial charge on any atom is -0.516 e. The molecule has 0 aliphatic carbocycles. The van der Waals surface area contributed by atoms with Gasteiger partial charge in [0.1, 0.15) is 0 Å². The molecule has 0 unspecified atom stereocenters. The smallest absolute Gasteiger partial charge is 0.307 e. The largest absolute Gasteiger partial charge is 0.516 e. The Hall–Kier alpha value is -1.22. The van der Waals surface area contributed by atoms with E-state index in [0.717, 1.165) is 6.26 Å². The van der Waals surface area contributed by atoms with Crippen LogP contribution in [0.2, 0.25) is 0 Å². The fourth-order valence-corrected chi connectivity index (χ4v) is 0.295. The molecule has 0 aliphatic rings. The molecule has 0 aliphatic heterocycles. The third-order valence-corrected chi connectivity index (χ3v) is 0.782. The van der Waals surface area contributed by atoms with Gasteiger partial charge < -0.3 is 10.2 Å². The van der Waals surface area contributed by atoms with Gasteiger partial charge in [-0.05, 0) is 6.08 Å². The molecule has 3 nitrogen and oxygen atoms in total. The van der Waals surface area contributed by atoms with Gasteiger partial charge in [0, 0.05) is 5.54 Å². The first-order valence-electron chi connectivity index (χ1n) is 3.07. The van der Waals surface area contributed by atoms with Crippen molar-refractivity contribution in [2.45, 2.75) is 6.42 Å². The monoisotopic (exact) mass is 190 g/mol. The molecule has 12 heavy (non-hydrogen) atoms. The molecule has 0 atom stereocenters. The lowest BCUT2D eigenvalue weighted by Gasteiger charge is -1.76. The lowest BCUT2D eigenvalue weighted by atomic mass is 10.4. The molecule has 68 valence electrons. The van der Waals surface area contributed by atoms with Crippen molar-refractivity contribution >= 4 is 17.6 Å². The molecule has 2 N–H and O–H groups in total. The van der Waals surface area contributed by atoms with Crippen LogP contribution in [0, 0.1) is 0 Å². The highest BCUT2D eigenvalue weighted by atomic mass is 35.5. The SMILES string of the molecule is C=CC=CO.O=C(O)CC=CCl. The molecule has 0 saturated heterocycles. The van der Waals surface area contributed by atoms with Gasteiger partial charge in [-0.1, -0.05) is 30.3 Å². The highest BCUT2D eigenvalue weighted by Crippen LogP contribution is 1.83. The van der Waals surface area contributed by atoms with Gasteiger partial charge in [-0.2, -0.15) is 0 Å². The fraction of sp³-hybridized carbons (Fsp3) is 0.125. The van der Waals surface area contributed by atoms with E-state index in [0.29, 0.717) is 0 Å². The highest BCUT2D eigenvalue weighted by Gasteiger charge is 1.85. The molecule has 0 amide bonds. The number of halogens is 1. The lowest BCUT2D eigenvalue weighted by molar-refractivity contribution is -0.135. The summed E-state index contributed by atoms with van der Waals surface area (Å²) >= 11 is 5.00. The van der Waals surface area contributed by atoms with Crippen molar-refractivity contribution in [2.75, 3.05) is 0 Å². The summed E-state index contributed by atoms with van der Waals surface area (Å²) in [7, 11) is 0. The van der Waals surface area contributed by atoms with Crippen LogP contribution in [0.15, 0.2) is 36.6 Å². The molecule has 4 heteroatoms. The molecule has 0 bridgehead atoms. The predicted octanol–water partition coefficient (Wildman–Crippen LogP) is 2.46. The number of rotatable bonds is 3. The van der Waals surface area contributed by atoms with Crippen molar-refractivity contribution in [2.24, 2.45) is 0 Å². The number of aliphatic hydroxyl groups excluding tert-OH is 1. The van der Waals surface area contributed by atoms with E-state index in [1.165, 1.54) is 23.8 Å². The predicted molar refractivity (Wildman–Crippen MR) is 49.2 cm³/mol. The van der Waals surface area contributed by atoms with Crippen molar-refractivity contribution in [1.82, 2.24) is 0 Å². The van der Waals surface area contributed by atoms with Gasteiger partial charge in [-0.3, -0.25) is 4.79 Å². The van der Waals surface area contributed by atoms with Crippen LogP contribution < -0.4 is 0 Å². The van der Waals surface area contributed by atoms with Crippen LogP contribution in [-0.2, 0) is 4.79 Å². The number of carboxylic acid groups (broad SMARTS) is 1. The van der Waals surface area contributed by atoms with Crippen LogP contribution in [0.1, 0.15) is 6.42 Å². The first-order chi connectivity index (χ1) is 5.68. The standard InChI is InChI=1S/C4H5ClO2.C4H6O/c5-3-1-2-4(6)7;1-2-3-4-5/h1,3H,2H2,(H,6,7);2-5H,1H2. The summed E-state index contributed by atoms with van der Waals surface area (Å²) in [5.41, 5.74) is 1.19. The second-order valence-corrected chi connectivity index (χ2v) is 1.79. The van der Waals surface area contributed by atoms with Crippen LogP contribution in [0.4, 0.5) is 0 Å². The van der Waals surface area contributed by atoms with Gasteiger partial charge in [-0.15, -0.1) is 0 Å². The molecular weight excluding hydrogens is 180 g/mol. The third-order valence-electron chi connectivity index (χ3n) is 0.604. The summed E-state index contributed by atoms with van der Waals surface area (Å²) in [6, 6.07) is 0. The van der Waals surface area contributed by atoms with Crippen LogP contribution in [0.5, 0.6) is 0 Å². The summed E-state index contributed by atoms with van der Waals surface area (Å²) < 4.78 is 0. The zero-order chi connectivity index (χ0) is 9.82. The fourth-order valence-electron chi connectivity index (χ4n) is 0.206. The number of carbonyl (C=O) groups is 1. The molecule has 0 radical (unpaired) electrons. The minimum atomic E-state index is -0.864. The maximum Gasteiger partial charge on any atom is 0.307 e. The quantitative estimate of drug-likeness (QED) is 0.531. The van der Waals surface area contributed by atoms with Gasteiger partial charge in [0.25, 0.3) is 0 Å². The van der Waals surface area contributed by atoms with Gasteiger partial charge in [0.15, 0.2) is 0 Å². The Morgan fingerprint density at radius 3 is 2.25 bits per heavy atom. The van der Waals surface area contributed by atoms with Gasteiger partial charge >= 0.3 is 5.97 Å². The molecular formula is C8H11ClO3. The number of aliphatic hydroxyl groups is 1. The van der Waals surface area contributed by atoms with Gasteiger partial charge in [0.05, 0.1) is 12.7 Å². The number of hydrogen-bond donors (Lipinski definition) is 2. The Labute approximate surface area is 76.3 Å². The Balaban J connectivity index is 0. The molecule has 0 aromatic carbocycles. The zero-order valence-electron chi connectivity index (χ0n) is 6.48. The number of allylic oxidation sites excluding steroid dienone is 2. The van der Waals surface area contributed by atoms with Crippen molar-refractivity contribution < 1.29 is 15.0 Å². The highest BCUT2D eigenvalue weighted by molar-refractivity contribution is 6.25. The van der Waals surface area contributed by atoms with Crippen LogP contribution >= 0.6 is 11.6 Å². The Kier molecular flexibility index (Phi) is 13.9. The van der Waals surface area contributed by atoms with Crippen molar-refractivity contribution in [3.8, 4) is 0 Å². The average Bonchev–Trinajstić information content (AvgIpc) is 2.03. The Morgan fingerprint density at radius 1 is 1.58 bits per heavy atom. The molecule has 0 aromatic rings. The van der Waals surface area contributed by atoms with E-state index >= 15 is 0 Å². The molecule has 0 saturated carbocycles. The molecule has 0 spiro atoms. The van der Waals surface area contributed by atoms with Crippen molar-refractivity contribution in [3.05, 3.63) is 36.6 Å². The first kappa shape index (κ1) is 13.4. The third kappa shape index (κ3) is 23.3. The van der Waals surface area contributed by atoms with E-state index in [9.17, 15) is 4.79 Å². The number of carboxylic acids is 1. The average molecular weight is 191 g/mol. The first-order valence-corrected chi connectivity index (χ1v) is 3.51. The zero-order valence-corrected chi connectivity index (χ0v) is 7.24. The molecule has 0 rings (SSSR count). The van der Waals surface area contributed by atoms with E-state index in [-0.39, 0.29) is 6.42 Å². The topological polar surface area (TPSA) is 57.5 Å². The minimum absolute atomic E-state index is 0.00347. The normalized spacial score (nSPS) is 9.42. The maximum absolute atomic E-state index is 9.65. The summed E-state index contributed by atoms with van der Waals surface area (Å²) in [5, 5.41) is 15.7. The Morgan fingerprint density at radius 2 is 2.17 bits per heavy atom. The lowest BCUT2D eigenvalue weighted by Crippen LogP contribution is -1.88. The number of aliphatic carboxylic acids is 1. The summed E-state index contributed by atoms with van der Waals surface area (Å²) in [6.45, 7) is 3.30. The summed E-state index contributed by atoms with van der Waals surface area (Å²) in [6.07, 6.45) is 5.25. The van der Waals surface area contributed by atoms with E-state index in [2.05, 4.69) is 6.58 Å². The van der Waals surface area contributed by atoms with E-state index in [1.54, 1.807) is 0 Å². The number of hydrogen-bond acceptors (Lipinski definition) is 2. The van der Waals surface area contributed by atoms with Crippen LogP contribution in [-0.4, -0.2) is 16.2 Å². The van der Waals surface area contributed by atoms with E-state index < -0.39 is 5.97 Å². The van der Waals surface area contributed by atoms with E-state index in [1.807, 2.05) is 0 Å². The Bertz CT molecular complexity index is 173. The summed E-state index contributed by atoms with van der Waals surface area (Å²) in [4.78, 5) is 9.65. The summed E-state index contributed by atoms with van der Waals surface area (Å²) in [5.74, 6) is -0.864.